The number of likely N-dealkylation sites (tertiary alicyclic amines) is 1. The molecule has 0 amide bonds. The number of hydrogen-bond donors (Lipinski definition) is 1. The van der Waals surface area contributed by atoms with Crippen molar-refractivity contribution in [1.29, 1.82) is 0 Å². The number of halogens is 1. The molecular formula is C14H27ClN4O. The van der Waals surface area contributed by atoms with Crippen molar-refractivity contribution in [2.75, 3.05) is 13.1 Å². The average Bonchev–Trinajstić information content (AvgIpc) is 2.65. The van der Waals surface area contributed by atoms with Crippen molar-refractivity contribution in [2.45, 2.75) is 53.1 Å². The first-order chi connectivity index (χ1) is 8.99. The normalized spacial score (nSPS) is 21.3. The molecular weight excluding hydrogens is 276 g/mol. The fraction of sp³-hybridized carbons (Fsp3) is 0.857. The van der Waals surface area contributed by atoms with Crippen molar-refractivity contribution in [1.82, 2.24) is 15.0 Å². The molecule has 0 aromatic carbocycles. The zero-order valence-electron chi connectivity index (χ0n) is 12.8. The zero-order valence-corrected chi connectivity index (χ0v) is 13.6. The second-order valence-electron chi connectivity index (χ2n) is 6.58. The molecule has 0 saturated carbocycles. The molecule has 2 N–H and O–H groups in total. The van der Waals surface area contributed by atoms with Crippen LogP contribution < -0.4 is 5.73 Å². The molecule has 1 atom stereocenters. The summed E-state index contributed by atoms with van der Waals surface area (Å²) in [5, 5.41) is 3.97. The van der Waals surface area contributed by atoms with Gasteiger partial charge in [-0.25, -0.2) is 0 Å². The lowest BCUT2D eigenvalue weighted by Gasteiger charge is -2.29. The van der Waals surface area contributed by atoms with E-state index in [2.05, 4.69) is 35.8 Å². The summed E-state index contributed by atoms with van der Waals surface area (Å²) in [6.07, 6.45) is 3.83. The minimum absolute atomic E-state index is 0. The summed E-state index contributed by atoms with van der Waals surface area (Å²) in [6, 6.07) is 0. The molecule has 1 aromatic rings. The number of rotatable bonds is 3. The summed E-state index contributed by atoms with van der Waals surface area (Å²) < 4.78 is 5.05. The van der Waals surface area contributed by atoms with Gasteiger partial charge in [-0.1, -0.05) is 25.9 Å². The molecule has 1 aliphatic rings. The Bertz CT molecular complexity index is 402. The van der Waals surface area contributed by atoms with Crippen molar-refractivity contribution in [2.24, 2.45) is 17.1 Å². The van der Waals surface area contributed by atoms with Gasteiger partial charge in [0.2, 0.25) is 5.89 Å². The van der Waals surface area contributed by atoms with E-state index in [1.807, 2.05) is 0 Å². The second kappa shape index (κ2) is 7.38. The Morgan fingerprint density at radius 3 is 2.65 bits per heavy atom. The maximum atomic E-state index is 5.48. The van der Waals surface area contributed by atoms with Crippen LogP contribution in [0.4, 0.5) is 0 Å². The Labute approximate surface area is 127 Å². The molecule has 2 heterocycles. The Morgan fingerprint density at radius 2 is 2.05 bits per heavy atom. The summed E-state index contributed by atoms with van der Waals surface area (Å²) in [5.41, 5.74) is 5.89. The average molecular weight is 303 g/mol. The van der Waals surface area contributed by atoms with Crippen LogP contribution in [0.2, 0.25) is 0 Å². The fourth-order valence-electron chi connectivity index (χ4n) is 2.82. The fourth-order valence-corrected chi connectivity index (χ4v) is 2.82. The standard InChI is InChI=1S/C14H26N4O.ClH/c1-14(2,3)11-5-4-7-18(8-6-11)10-12-16-13(9-15)19-17-12;/h11H,4-10,15H2,1-3H3;1H. The molecule has 0 aliphatic carbocycles. The number of aromatic nitrogens is 2. The third kappa shape index (κ3) is 4.72. The molecule has 0 radical (unpaired) electrons. The second-order valence-corrected chi connectivity index (χ2v) is 6.58. The van der Waals surface area contributed by atoms with Gasteiger partial charge in [0.1, 0.15) is 0 Å². The highest BCUT2D eigenvalue weighted by Gasteiger charge is 2.27. The van der Waals surface area contributed by atoms with Crippen molar-refractivity contribution in [3.05, 3.63) is 11.7 Å². The lowest BCUT2D eigenvalue weighted by Crippen LogP contribution is -2.26. The van der Waals surface area contributed by atoms with Gasteiger partial charge in [-0.05, 0) is 43.7 Å². The van der Waals surface area contributed by atoms with Gasteiger partial charge in [0.05, 0.1) is 13.1 Å². The predicted octanol–water partition coefficient (Wildman–Crippen LogP) is 2.60. The highest BCUT2D eigenvalue weighted by Crippen LogP contribution is 2.34. The Kier molecular flexibility index (Phi) is 6.43. The summed E-state index contributed by atoms with van der Waals surface area (Å²) in [7, 11) is 0. The molecule has 20 heavy (non-hydrogen) atoms. The molecule has 6 heteroatoms. The summed E-state index contributed by atoms with van der Waals surface area (Å²) in [6.45, 7) is 10.4. The molecule has 1 aliphatic heterocycles. The van der Waals surface area contributed by atoms with Crippen LogP contribution in [0.25, 0.3) is 0 Å². The van der Waals surface area contributed by atoms with Crippen LogP contribution in [0.1, 0.15) is 51.7 Å². The molecule has 1 saturated heterocycles. The smallest absolute Gasteiger partial charge is 0.240 e. The van der Waals surface area contributed by atoms with Crippen LogP contribution in [0.15, 0.2) is 4.52 Å². The van der Waals surface area contributed by atoms with E-state index in [0.717, 1.165) is 31.4 Å². The summed E-state index contributed by atoms with van der Waals surface area (Å²) >= 11 is 0. The maximum Gasteiger partial charge on any atom is 0.240 e. The van der Waals surface area contributed by atoms with Crippen molar-refractivity contribution < 1.29 is 4.52 Å². The van der Waals surface area contributed by atoms with Gasteiger partial charge in [-0.3, -0.25) is 4.90 Å². The van der Waals surface area contributed by atoms with E-state index in [-0.39, 0.29) is 12.4 Å². The van der Waals surface area contributed by atoms with E-state index < -0.39 is 0 Å². The van der Waals surface area contributed by atoms with Crippen molar-refractivity contribution >= 4 is 12.4 Å². The first-order valence-corrected chi connectivity index (χ1v) is 7.23. The van der Waals surface area contributed by atoms with Crippen molar-refractivity contribution in [3.63, 3.8) is 0 Å². The maximum absolute atomic E-state index is 5.48. The minimum atomic E-state index is 0. The van der Waals surface area contributed by atoms with Crippen LogP contribution in [-0.4, -0.2) is 28.1 Å². The van der Waals surface area contributed by atoms with Gasteiger partial charge in [0, 0.05) is 0 Å². The third-order valence-corrected chi connectivity index (χ3v) is 4.10. The van der Waals surface area contributed by atoms with Crippen molar-refractivity contribution in [3.8, 4) is 0 Å². The van der Waals surface area contributed by atoms with E-state index in [9.17, 15) is 0 Å². The third-order valence-electron chi connectivity index (χ3n) is 4.10. The highest BCUT2D eigenvalue weighted by molar-refractivity contribution is 5.85. The monoisotopic (exact) mass is 302 g/mol. The van der Waals surface area contributed by atoms with E-state index in [0.29, 0.717) is 17.9 Å². The number of nitrogens with zero attached hydrogens (tertiary/aromatic N) is 3. The van der Waals surface area contributed by atoms with Gasteiger partial charge in [-0.2, -0.15) is 4.98 Å². The van der Waals surface area contributed by atoms with E-state index in [4.69, 9.17) is 10.3 Å². The molecule has 1 aromatic heterocycles. The van der Waals surface area contributed by atoms with Crippen LogP contribution in [-0.2, 0) is 13.1 Å². The Balaban J connectivity index is 0.00000200. The topological polar surface area (TPSA) is 68.2 Å². The largest absolute Gasteiger partial charge is 0.338 e. The number of hydrogen-bond acceptors (Lipinski definition) is 5. The molecule has 1 unspecified atom stereocenters. The van der Waals surface area contributed by atoms with Gasteiger partial charge in [0.25, 0.3) is 0 Å². The Hall–Kier alpha value is -0.650. The van der Waals surface area contributed by atoms with Crippen LogP contribution in [0.3, 0.4) is 0 Å². The highest BCUT2D eigenvalue weighted by atomic mass is 35.5. The summed E-state index contributed by atoms with van der Waals surface area (Å²) in [5.74, 6) is 2.09. The first-order valence-electron chi connectivity index (χ1n) is 7.23. The summed E-state index contributed by atoms with van der Waals surface area (Å²) in [4.78, 5) is 6.70. The van der Waals surface area contributed by atoms with Gasteiger partial charge in [0.15, 0.2) is 5.82 Å². The van der Waals surface area contributed by atoms with Gasteiger partial charge < -0.3 is 10.3 Å². The molecule has 5 nitrogen and oxygen atoms in total. The van der Waals surface area contributed by atoms with Gasteiger partial charge >= 0.3 is 0 Å². The van der Waals surface area contributed by atoms with Gasteiger partial charge in [-0.15, -0.1) is 12.4 Å². The molecule has 0 spiro atoms. The molecule has 1 fully saturated rings. The SMILES string of the molecule is CC(C)(C)C1CCCN(Cc2noc(CN)n2)CC1.Cl. The zero-order chi connectivity index (χ0) is 13.9. The van der Waals surface area contributed by atoms with Crippen LogP contribution in [0, 0.1) is 11.3 Å². The lowest BCUT2D eigenvalue weighted by molar-refractivity contribution is 0.205. The van der Waals surface area contributed by atoms with E-state index in [1.165, 1.54) is 19.3 Å². The van der Waals surface area contributed by atoms with E-state index >= 15 is 0 Å². The van der Waals surface area contributed by atoms with Crippen LogP contribution >= 0.6 is 12.4 Å². The molecule has 2 rings (SSSR count). The predicted molar refractivity (Wildman–Crippen MR) is 81.5 cm³/mol. The first kappa shape index (κ1) is 17.4. The molecule has 116 valence electrons. The van der Waals surface area contributed by atoms with Crippen LogP contribution in [0.5, 0.6) is 0 Å². The lowest BCUT2D eigenvalue weighted by atomic mass is 9.77. The van der Waals surface area contributed by atoms with E-state index in [1.54, 1.807) is 0 Å². The quantitative estimate of drug-likeness (QED) is 0.929. The Morgan fingerprint density at radius 1 is 1.30 bits per heavy atom. The molecule has 0 bridgehead atoms. The minimum Gasteiger partial charge on any atom is -0.338 e. The number of nitrogens with two attached hydrogens (primary N) is 1.